The highest BCUT2D eigenvalue weighted by molar-refractivity contribution is 7.80. The Bertz CT molecular complexity index is 1670. The predicted molar refractivity (Wildman–Crippen MR) is 190 cm³/mol. The van der Waals surface area contributed by atoms with Crippen molar-refractivity contribution in [3.63, 3.8) is 0 Å². The maximum absolute atomic E-state index is 12.0. The topological polar surface area (TPSA) is 199 Å². The number of allylic oxidation sites excluding steroid dienone is 1. The van der Waals surface area contributed by atoms with Crippen molar-refractivity contribution in [2.24, 2.45) is 0 Å². The number of aryl methyl sites for hydroxylation is 1. The molecular formula is C34H43N4O9PS. The van der Waals surface area contributed by atoms with Crippen LogP contribution in [0.15, 0.2) is 66.0 Å². The van der Waals surface area contributed by atoms with E-state index in [9.17, 15) is 24.4 Å². The number of benzene rings is 2. The van der Waals surface area contributed by atoms with Gasteiger partial charge in [-0.05, 0) is 92.7 Å². The molecule has 0 bridgehead atoms. The van der Waals surface area contributed by atoms with Crippen LogP contribution in [0.25, 0.3) is 5.57 Å². The summed E-state index contributed by atoms with van der Waals surface area (Å²) in [4.78, 5) is 41.0. The Balaban J connectivity index is 1.12. The van der Waals surface area contributed by atoms with E-state index in [1.807, 2.05) is 37.3 Å². The second-order valence-electron chi connectivity index (χ2n) is 11.7. The van der Waals surface area contributed by atoms with Gasteiger partial charge in [-0.3, -0.25) is 14.1 Å². The second kappa shape index (κ2) is 18.1. The number of carbonyl (C=O) groups is 2. The maximum Gasteiger partial charge on any atom is 0.469 e. The third-order valence-electron chi connectivity index (χ3n) is 7.73. The average Bonchev–Trinajstić information content (AvgIpc) is 3.03. The number of phosphoric ester groups is 1. The number of carbonyl (C=O) groups excluding carboxylic acids is 2. The number of unbranched alkanes of at least 4 members (excludes halogenated alkanes) is 3. The van der Waals surface area contributed by atoms with Crippen molar-refractivity contribution < 1.29 is 43.4 Å². The normalized spacial score (nSPS) is 15.0. The average molecular weight is 715 g/mol. The molecule has 8 N–H and O–H groups in total. The molecule has 0 radical (unpaired) electrons. The van der Waals surface area contributed by atoms with E-state index in [2.05, 4.69) is 25.8 Å². The van der Waals surface area contributed by atoms with Crippen LogP contribution in [0.5, 0.6) is 11.5 Å². The molecule has 264 valence electrons. The van der Waals surface area contributed by atoms with Crippen LogP contribution in [0.3, 0.4) is 0 Å². The summed E-state index contributed by atoms with van der Waals surface area (Å²) in [7, 11) is -4.54. The van der Waals surface area contributed by atoms with Crippen LogP contribution in [-0.2, 0) is 18.7 Å². The zero-order valence-corrected chi connectivity index (χ0v) is 28.9. The Morgan fingerprint density at radius 2 is 1.59 bits per heavy atom. The first-order valence-corrected chi connectivity index (χ1v) is 18.1. The van der Waals surface area contributed by atoms with Gasteiger partial charge in [0.05, 0.1) is 12.7 Å². The minimum absolute atomic E-state index is 0.00151. The number of phenols is 1. The summed E-state index contributed by atoms with van der Waals surface area (Å²) in [5.74, 6) is 0.830. The molecule has 0 fully saturated rings. The van der Waals surface area contributed by atoms with Gasteiger partial charge in [0.1, 0.15) is 17.3 Å². The summed E-state index contributed by atoms with van der Waals surface area (Å²) in [5, 5.41) is 32.5. The first-order valence-electron chi connectivity index (χ1n) is 16.1. The van der Waals surface area contributed by atoms with E-state index in [1.54, 1.807) is 24.3 Å². The predicted octanol–water partition coefficient (Wildman–Crippen LogP) is 4.07. The van der Waals surface area contributed by atoms with Crippen LogP contribution in [0.4, 0.5) is 5.69 Å². The lowest BCUT2D eigenvalue weighted by Crippen LogP contribution is -2.29. The Hall–Kier alpha value is -4.04. The lowest BCUT2D eigenvalue weighted by Gasteiger charge is -2.28. The van der Waals surface area contributed by atoms with Gasteiger partial charge in [0.25, 0.3) is 0 Å². The van der Waals surface area contributed by atoms with Crippen molar-refractivity contribution in [2.75, 3.05) is 31.6 Å². The number of ether oxygens (including phenoxy) is 1. The monoisotopic (exact) mass is 714 g/mol. The molecule has 2 aromatic rings. The number of amides is 2. The zero-order valence-electron chi connectivity index (χ0n) is 27.2. The highest BCUT2D eigenvalue weighted by Gasteiger charge is 2.28. The fraction of sp³-hybridized carbons (Fsp3) is 0.382. The zero-order chi connectivity index (χ0) is 35.4. The lowest BCUT2D eigenvalue weighted by molar-refractivity contribution is -0.123. The van der Waals surface area contributed by atoms with Crippen LogP contribution >= 0.6 is 20.0 Å². The highest BCUT2D eigenvalue weighted by atomic mass is 32.1. The molecular weight excluding hydrogens is 671 g/mol. The summed E-state index contributed by atoms with van der Waals surface area (Å²) in [6.45, 7) is 2.98. The first kappa shape index (κ1) is 37.8. The Morgan fingerprint density at radius 3 is 2.29 bits per heavy atom. The summed E-state index contributed by atoms with van der Waals surface area (Å²) in [6.07, 6.45) is 8.68. The molecule has 15 heteroatoms. The molecule has 0 saturated heterocycles. The molecule has 4 rings (SSSR count). The van der Waals surface area contributed by atoms with Crippen molar-refractivity contribution >= 4 is 48.2 Å². The number of phenolic OH excluding ortho intramolecular Hbond substituents is 1. The number of aliphatic hydroxyl groups is 1. The molecule has 0 saturated carbocycles. The van der Waals surface area contributed by atoms with Crippen LogP contribution < -0.4 is 26.0 Å². The van der Waals surface area contributed by atoms with Gasteiger partial charge in [-0.15, -0.1) is 0 Å². The quantitative estimate of drug-likeness (QED) is 0.0665. The molecule has 0 aromatic heterocycles. The number of thiocarbonyl (C=S) groups is 1. The number of aromatic hydroxyl groups is 1. The fourth-order valence-corrected chi connectivity index (χ4v) is 5.93. The van der Waals surface area contributed by atoms with Gasteiger partial charge in [0.15, 0.2) is 5.11 Å². The van der Waals surface area contributed by atoms with Gasteiger partial charge in [-0.1, -0.05) is 18.2 Å². The number of anilines is 1. The smallest absolute Gasteiger partial charge is 0.469 e. The Morgan fingerprint density at radius 1 is 0.918 bits per heavy atom. The van der Waals surface area contributed by atoms with E-state index in [0.717, 1.165) is 52.8 Å². The third kappa shape index (κ3) is 12.1. The summed E-state index contributed by atoms with van der Waals surface area (Å²) in [5.41, 5.74) is 5.48. The van der Waals surface area contributed by atoms with Crippen molar-refractivity contribution in [3.8, 4) is 11.5 Å². The van der Waals surface area contributed by atoms with Crippen molar-refractivity contribution in [3.05, 3.63) is 82.6 Å². The van der Waals surface area contributed by atoms with Gasteiger partial charge in [0.2, 0.25) is 11.8 Å². The van der Waals surface area contributed by atoms with E-state index in [4.69, 9.17) is 26.7 Å². The minimum atomic E-state index is -4.54. The number of hydrogen-bond acceptors (Lipinski definition) is 8. The SMILES string of the molecule is Cc1cc(NC(=S)NCCCCCNC(=O)CCCCC(=O)NCCOP(=O)(O)O)ccc1C1=C2C=CC(O)C=C2Oc2cc(O)ccc21. The Labute approximate surface area is 290 Å². The van der Waals surface area contributed by atoms with Gasteiger partial charge in [0, 0.05) is 60.9 Å². The fourth-order valence-electron chi connectivity index (χ4n) is 5.39. The highest BCUT2D eigenvalue weighted by Crippen LogP contribution is 2.45. The van der Waals surface area contributed by atoms with Crippen LogP contribution in [0.2, 0.25) is 0 Å². The van der Waals surface area contributed by atoms with Gasteiger partial charge in [-0.25, -0.2) is 4.57 Å². The molecule has 1 aliphatic heterocycles. The number of rotatable bonds is 17. The number of nitrogens with one attached hydrogen (secondary N) is 4. The molecule has 2 aliphatic rings. The van der Waals surface area contributed by atoms with E-state index in [0.29, 0.717) is 49.0 Å². The van der Waals surface area contributed by atoms with Crippen LogP contribution in [0, 0.1) is 6.92 Å². The van der Waals surface area contributed by atoms with Crippen molar-refractivity contribution in [1.29, 1.82) is 0 Å². The van der Waals surface area contributed by atoms with E-state index in [-0.39, 0.29) is 37.1 Å². The van der Waals surface area contributed by atoms with E-state index in [1.165, 1.54) is 0 Å². The minimum Gasteiger partial charge on any atom is -0.508 e. The van der Waals surface area contributed by atoms with Crippen molar-refractivity contribution in [1.82, 2.24) is 16.0 Å². The van der Waals surface area contributed by atoms with Gasteiger partial charge in [-0.2, -0.15) is 0 Å². The van der Waals surface area contributed by atoms with Crippen LogP contribution in [-0.4, -0.2) is 69.3 Å². The first-order chi connectivity index (χ1) is 23.4. The molecule has 2 aromatic carbocycles. The molecule has 0 spiro atoms. The molecule has 1 heterocycles. The molecule has 13 nitrogen and oxygen atoms in total. The summed E-state index contributed by atoms with van der Waals surface area (Å²) in [6, 6.07) is 11.0. The Kier molecular flexibility index (Phi) is 13.9. The number of phosphoric acid groups is 1. The third-order valence-corrected chi connectivity index (χ3v) is 8.49. The van der Waals surface area contributed by atoms with Crippen molar-refractivity contribution in [2.45, 2.75) is 58.0 Å². The van der Waals surface area contributed by atoms with E-state index >= 15 is 0 Å². The number of fused-ring (bicyclic) bond motifs is 2. The molecule has 2 amide bonds. The molecule has 1 unspecified atom stereocenters. The molecule has 1 aliphatic carbocycles. The largest absolute Gasteiger partial charge is 0.508 e. The molecule has 1 atom stereocenters. The molecule has 49 heavy (non-hydrogen) atoms. The second-order valence-corrected chi connectivity index (χ2v) is 13.3. The number of aliphatic hydroxyl groups excluding tert-OH is 1. The summed E-state index contributed by atoms with van der Waals surface area (Å²) >= 11 is 5.50. The lowest BCUT2D eigenvalue weighted by atomic mass is 9.85. The van der Waals surface area contributed by atoms with E-state index < -0.39 is 13.9 Å². The number of hydrogen-bond donors (Lipinski definition) is 8. The maximum atomic E-state index is 12.0. The summed E-state index contributed by atoms with van der Waals surface area (Å²) < 4.78 is 20.9. The standard InChI is InChI=1S/C34H43N4O9PS/c1-22-19-23(9-12-26(22)33-27-13-10-24(39)20-29(27)47-30-21-25(40)11-14-28(30)33)38-34(49)37-16-6-2-5-15-35-31(41)7-3-4-8-32(42)36-17-18-46-48(43,44)45/h9-14,19-21,24,39-40H,2-8,15-18H2,1H3,(H,35,41)(H,36,42)(H2,37,38,49)(H2,43,44,45). The van der Waals surface area contributed by atoms with Gasteiger partial charge >= 0.3 is 7.82 Å². The van der Waals surface area contributed by atoms with Crippen LogP contribution in [0.1, 0.15) is 61.6 Å². The van der Waals surface area contributed by atoms with Gasteiger partial charge < -0.3 is 46.0 Å².